The summed E-state index contributed by atoms with van der Waals surface area (Å²) in [6.07, 6.45) is 3.38. The highest BCUT2D eigenvalue weighted by atomic mass is 35.5. The van der Waals surface area contributed by atoms with Gasteiger partial charge in [0, 0.05) is 17.6 Å². The Labute approximate surface area is 102 Å². The van der Waals surface area contributed by atoms with Gasteiger partial charge in [-0.15, -0.1) is 28.3 Å². The summed E-state index contributed by atoms with van der Waals surface area (Å²) >= 11 is 13.5. The number of aromatic nitrogens is 3. The number of halogens is 2. The lowest BCUT2D eigenvalue weighted by Crippen LogP contribution is -1.93. The second kappa shape index (κ2) is 3.54. The molecule has 1 aromatic heterocycles. The molecular formula is C9H11Cl2N3S. The van der Waals surface area contributed by atoms with E-state index >= 15 is 0 Å². The molecule has 0 radical (unpaired) electrons. The minimum absolute atomic E-state index is 0.397. The van der Waals surface area contributed by atoms with Crippen LogP contribution in [-0.4, -0.2) is 25.3 Å². The van der Waals surface area contributed by atoms with Gasteiger partial charge in [0.2, 0.25) is 5.16 Å². The van der Waals surface area contributed by atoms with E-state index in [1.807, 2.05) is 0 Å². The van der Waals surface area contributed by atoms with E-state index in [-0.39, 0.29) is 0 Å². The normalized spacial score (nSPS) is 28.0. The smallest absolute Gasteiger partial charge is 0.208 e. The lowest BCUT2D eigenvalue weighted by molar-refractivity contribution is 0.930. The molecule has 1 aromatic rings. The average Bonchev–Trinajstić information content (AvgIpc) is 3.07. The number of thioether (sulfide) groups is 1. The van der Waals surface area contributed by atoms with Crippen LogP contribution < -0.4 is 0 Å². The summed E-state index contributed by atoms with van der Waals surface area (Å²) in [6.45, 7) is 0. The molecule has 6 heteroatoms. The van der Waals surface area contributed by atoms with E-state index in [0.29, 0.717) is 11.8 Å². The molecule has 2 saturated carbocycles. The number of hydrogen-bond donors (Lipinski definition) is 1. The van der Waals surface area contributed by atoms with E-state index in [1.54, 1.807) is 11.8 Å². The van der Waals surface area contributed by atoms with Crippen LogP contribution in [0.1, 0.15) is 31.0 Å². The summed E-state index contributed by atoms with van der Waals surface area (Å²) in [5.74, 6) is 2.98. The van der Waals surface area contributed by atoms with Gasteiger partial charge in [-0.25, -0.2) is 4.98 Å². The van der Waals surface area contributed by atoms with Gasteiger partial charge in [-0.2, -0.15) is 0 Å². The van der Waals surface area contributed by atoms with Crippen molar-refractivity contribution in [3.8, 4) is 0 Å². The van der Waals surface area contributed by atoms with Crippen molar-refractivity contribution in [2.75, 3.05) is 5.75 Å². The number of H-pyrrole nitrogens is 1. The minimum atomic E-state index is -0.484. The van der Waals surface area contributed by atoms with Crippen molar-refractivity contribution in [1.82, 2.24) is 15.2 Å². The van der Waals surface area contributed by atoms with Crippen molar-refractivity contribution in [2.45, 2.75) is 34.7 Å². The van der Waals surface area contributed by atoms with E-state index in [4.69, 9.17) is 23.2 Å². The summed E-state index contributed by atoms with van der Waals surface area (Å²) in [5, 5.41) is 7.98. The molecule has 0 bridgehead atoms. The van der Waals surface area contributed by atoms with Gasteiger partial charge in [-0.1, -0.05) is 11.8 Å². The van der Waals surface area contributed by atoms with Crippen molar-refractivity contribution < 1.29 is 0 Å². The molecule has 1 unspecified atom stereocenters. The second-order valence-corrected chi connectivity index (χ2v) is 6.78. The van der Waals surface area contributed by atoms with Crippen molar-refractivity contribution in [3.63, 3.8) is 0 Å². The van der Waals surface area contributed by atoms with Gasteiger partial charge in [0.25, 0.3) is 0 Å². The van der Waals surface area contributed by atoms with Crippen molar-refractivity contribution in [2.24, 2.45) is 5.92 Å². The first-order valence-electron chi connectivity index (χ1n) is 5.08. The zero-order valence-corrected chi connectivity index (χ0v) is 10.4. The van der Waals surface area contributed by atoms with Gasteiger partial charge >= 0.3 is 0 Å². The number of rotatable bonds is 4. The third kappa shape index (κ3) is 2.27. The fraction of sp³-hybridized carbons (Fsp3) is 0.778. The van der Waals surface area contributed by atoms with Crippen LogP contribution >= 0.6 is 35.0 Å². The minimum Gasteiger partial charge on any atom is -0.262 e. The van der Waals surface area contributed by atoms with Crippen LogP contribution in [0.5, 0.6) is 0 Å². The first kappa shape index (κ1) is 10.2. The third-order valence-corrected chi connectivity index (χ3v) is 4.75. The Balaban J connectivity index is 1.53. The summed E-state index contributed by atoms with van der Waals surface area (Å²) in [7, 11) is 0. The Morgan fingerprint density at radius 2 is 2.20 bits per heavy atom. The molecule has 2 aliphatic carbocycles. The summed E-state index contributed by atoms with van der Waals surface area (Å²) in [4.78, 5) is 4.43. The molecule has 0 spiro atoms. The van der Waals surface area contributed by atoms with Crippen LogP contribution in [-0.2, 0) is 0 Å². The molecule has 0 amide bonds. The van der Waals surface area contributed by atoms with Gasteiger partial charge in [0.05, 0.1) is 0 Å². The molecule has 15 heavy (non-hydrogen) atoms. The van der Waals surface area contributed by atoms with Gasteiger partial charge in [0.15, 0.2) is 0 Å². The average molecular weight is 264 g/mol. The Kier molecular flexibility index (Phi) is 2.41. The van der Waals surface area contributed by atoms with Crippen LogP contribution in [0.4, 0.5) is 0 Å². The fourth-order valence-corrected chi connectivity index (χ4v) is 3.22. The SMILES string of the molecule is ClC1(Cl)CC1CSc1n[nH]c(C2CC2)n1. The maximum atomic E-state index is 5.94. The van der Waals surface area contributed by atoms with E-state index in [1.165, 1.54) is 12.8 Å². The highest BCUT2D eigenvalue weighted by molar-refractivity contribution is 7.99. The Morgan fingerprint density at radius 1 is 1.47 bits per heavy atom. The first-order chi connectivity index (χ1) is 7.15. The number of alkyl halides is 2. The number of hydrogen-bond acceptors (Lipinski definition) is 3. The first-order valence-corrected chi connectivity index (χ1v) is 6.82. The Hall–Kier alpha value is 0.0700. The number of nitrogens with one attached hydrogen (secondary N) is 1. The fourth-order valence-electron chi connectivity index (χ4n) is 1.49. The lowest BCUT2D eigenvalue weighted by atomic mass is 10.4. The van der Waals surface area contributed by atoms with E-state index in [0.717, 1.165) is 23.2 Å². The zero-order chi connectivity index (χ0) is 10.5. The van der Waals surface area contributed by atoms with Crippen molar-refractivity contribution in [3.05, 3.63) is 5.82 Å². The molecule has 0 aromatic carbocycles. The predicted octanol–water partition coefficient (Wildman–Crippen LogP) is 2.97. The number of aromatic amines is 1. The van der Waals surface area contributed by atoms with E-state index in [9.17, 15) is 0 Å². The molecule has 0 saturated heterocycles. The monoisotopic (exact) mass is 263 g/mol. The summed E-state index contributed by atoms with van der Waals surface area (Å²) in [6, 6.07) is 0. The van der Waals surface area contributed by atoms with Crippen molar-refractivity contribution in [1.29, 1.82) is 0 Å². The lowest BCUT2D eigenvalue weighted by Gasteiger charge is -1.96. The largest absolute Gasteiger partial charge is 0.262 e. The summed E-state index contributed by atoms with van der Waals surface area (Å²) in [5.41, 5.74) is 0. The third-order valence-electron chi connectivity index (χ3n) is 2.82. The molecule has 1 N–H and O–H groups in total. The van der Waals surface area contributed by atoms with Crippen LogP contribution in [0.3, 0.4) is 0 Å². The predicted molar refractivity (Wildman–Crippen MR) is 61.6 cm³/mol. The zero-order valence-electron chi connectivity index (χ0n) is 8.04. The molecule has 1 heterocycles. The van der Waals surface area contributed by atoms with Gasteiger partial charge in [-0.05, 0) is 19.3 Å². The maximum Gasteiger partial charge on any atom is 0.208 e. The van der Waals surface area contributed by atoms with Crippen LogP contribution in [0.15, 0.2) is 5.16 Å². The molecule has 1 atom stereocenters. The molecule has 82 valence electrons. The van der Waals surface area contributed by atoms with Gasteiger partial charge < -0.3 is 0 Å². The van der Waals surface area contributed by atoms with Gasteiger partial charge in [0.1, 0.15) is 10.2 Å². The maximum absolute atomic E-state index is 5.94. The topological polar surface area (TPSA) is 41.6 Å². The van der Waals surface area contributed by atoms with Crippen molar-refractivity contribution >= 4 is 35.0 Å². The molecule has 2 aliphatic rings. The molecule has 3 nitrogen and oxygen atoms in total. The Bertz CT molecular complexity index is 375. The number of nitrogens with zero attached hydrogens (tertiary/aromatic N) is 2. The standard InChI is InChI=1S/C9H11Cl2N3S/c10-9(11)3-6(9)4-15-8-12-7(13-14-8)5-1-2-5/h5-6H,1-4H2,(H,12,13,14). The second-order valence-electron chi connectivity index (χ2n) is 4.25. The molecule has 2 fully saturated rings. The highest BCUT2D eigenvalue weighted by Gasteiger charge is 2.51. The van der Waals surface area contributed by atoms with Crippen LogP contribution in [0, 0.1) is 5.92 Å². The van der Waals surface area contributed by atoms with E-state index in [2.05, 4.69) is 15.2 Å². The van der Waals surface area contributed by atoms with Crippen LogP contribution in [0.2, 0.25) is 0 Å². The van der Waals surface area contributed by atoms with Gasteiger partial charge in [-0.3, -0.25) is 5.10 Å². The summed E-state index contributed by atoms with van der Waals surface area (Å²) < 4.78 is -0.484. The quantitative estimate of drug-likeness (QED) is 0.671. The molecular weight excluding hydrogens is 253 g/mol. The Morgan fingerprint density at radius 3 is 2.80 bits per heavy atom. The highest BCUT2D eigenvalue weighted by Crippen LogP contribution is 2.54. The van der Waals surface area contributed by atoms with E-state index < -0.39 is 4.33 Å². The molecule has 3 rings (SSSR count). The molecule has 0 aliphatic heterocycles. The van der Waals surface area contributed by atoms with Crippen LogP contribution in [0.25, 0.3) is 0 Å².